The number of rotatable bonds is 5. The Morgan fingerprint density at radius 1 is 1.45 bits per heavy atom. The zero-order chi connectivity index (χ0) is 13.8. The van der Waals surface area contributed by atoms with Crippen molar-refractivity contribution in [2.75, 3.05) is 26.2 Å². The predicted octanol–water partition coefficient (Wildman–Crippen LogP) is 1.98. The van der Waals surface area contributed by atoms with Crippen LogP contribution >= 0.6 is 11.3 Å². The van der Waals surface area contributed by atoms with E-state index in [-0.39, 0.29) is 6.10 Å². The SMILES string of the molecule is CCn1nccc1CCN1CCO[C@H](c2nccs2)C1. The quantitative estimate of drug-likeness (QED) is 0.845. The normalized spacial score (nSPS) is 20.4. The molecule has 0 aromatic carbocycles. The Morgan fingerprint density at radius 2 is 2.40 bits per heavy atom. The highest BCUT2D eigenvalue weighted by molar-refractivity contribution is 7.09. The van der Waals surface area contributed by atoms with E-state index in [1.165, 1.54) is 5.69 Å². The summed E-state index contributed by atoms with van der Waals surface area (Å²) in [5.74, 6) is 0. The lowest BCUT2D eigenvalue weighted by molar-refractivity contribution is -0.0297. The van der Waals surface area contributed by atoms with Crippen molar-refractivity contribution in [1.29, 1.82) is 0 Å². The van der Waals surface area contributed by atoms with Crippen LogP contribution in [0.25, 0.3) is 0 Å². The molecule has 1 saturated heterocycles. The largest absolute Gasteiger partial charge is 0.368 e. The lowest BCUT2D eigenvalue weighted by atomic mass is 10.2. The molecule has 1 aliphatic rings. The number of aromatic nitrogens is 3. The third-order valence-electron chi connectivity index (χ3n) is 3.67. The molecule has 3 rings (SSSR count). The average Bonchev–Trinajstić information content (AvgIpc) is 3.16. The van der Waals surface area contributed by atoms with E-state index in [2.05, 4.69) is 32.7 Å². The van der Waals surface area contributed by atoms with Crippen LogP contribution < -0.4 is 0 Å². The van der Waals surface area contributed by atoms with Gasteiger partial charge in [-0.05, 0) is 13.0 Å². The van der Waals surface area contributed by atoms with Crippen molar-refractivity contribution in [3.63, 3.8) is 0 Å². The van der Waals surface area contributed by atoms with Gasteiger partial charge in [-0.2, -0.15) is 5.10 Å². The summed E-state index contributed by atoms with van der Waals surface area (Å²) in [4.78, 5) is 6.83. The van der Waals surface area contributed by atoms with E-state index in [4.69, 9.17) is 4.74 Å². The molecule has 20 heavy (non-hydrogen) atoms. The number of nitrogens with zero attached hydrogens (tertiary/aromatic N) is 4. The van der Waals surface area contributed by atoms with E-state index in [0.717, 1.165) is 44.2 Å². The summed E-state index contributed by atoms with van der Waals surface area (Å²) in [5.41, 5.74) is 1.31. The van der Waals surface area contributed by atoms with Gasteiger partial charge in [0.05, 0.1) is 6.61 Å². The third kappa shape index (κ3) is 3.08. The second-order valence-corrected chi connectivity index (χ2v) is 5.84. The molecule has 0 spiro atoms. The molecule has 0 radical (unpaired) electrons. The summed E-state index contributed by atoms with van der Waals surface area (Å²) in [7, 11) is 0. The van der Waals surface area contributed by atoms with Crippen molar-refractivity contribution in [2.45, 2.75) is 26.0 Å². The van der Waals surface area contributed by atoms with Crippen molar-refractivity contribution >= 4 is 11.3 Å². The molecule has 0 saturated carbocycles. The van der Waals surface area contributed by atoms with Gasteiger partial charge in [0.1, 0.15) is 11.1 Å². The Labute approximate surface area is 123 Å². The van der Waals surface area contributed by atoms with Gasteiger partial charge in [-0.1, -0.05) is 0 Å². The van der Waals surface area contributed by atoms with Crippen LogP contribution in [0.15, 0.2) is 23.8 Å². The topological polar surface area (TPSA) is 43.2 Å². The van der Waals surface area contributed by atoms with Crippen LogP contribution in [-0.4, -0.2) is 45.9 Å². The lowest BCUT2D eigenvalue weighted by Gasteiger charge is -2.31. The summed E-state index contributed by atoms with van der Waals surface area (Å²) in [5, 5.41) is 7.42. The van der Waals surface area contributed by atoms with Gasteiger partial charge in [0.15, 0.2) is 0 Å². The van der Waals surface area contributed by atoms with Gasteiger partial charge in [0.2, 0.25) is 0 Å². The second kappa shape index (κ2) is 6.47. The molecule has 2 aromatic rings. The number of hydrogen-bond donors (Lipinski definition) is 0. The van der Waals surface area contributed by atoms with Crippen LogP contribution in [0.2, 0.25) is 0 Å². The molecule has 1 fully saturated rings. The molecular formula is C14H20N4OS. The van der Waals surface area contributed by atoms with Gasteiger partial charge in [-0.25, -0.2) is 4.98 Å². The maximum Gasteiger partial charge on any atom is 0.123 e. The smallest absolute Gasteiger partial charge is 0.123 e. The van der Waals surface area contributed by atoms with E-state index in [1.54, 1.807) is 11.3 Å². The number of hydrogen-bond acceptors (Lipinski definition) is 5. The van der Waals surface area contributed by atoms with Crippen LogP contribution in [0, 0.1) is 0 Å². The summed E-state index contributed by atoms with van der Waals surface area (Å²) >= 11 is 1.68. The summed E-state index contributed by atoms with van der Waals surface area (Å²) in [6.45, 7) is 6.85. The first kappa shape index (κ1) is 13.7. The Kier molecular flexibility index (Phi) is 4.44. The summed E-state index contributed by atoms with van der Waals surface area (Å²) in [6.07, 6.45) is 4.91. The van der Waals surface area contributed by atoms with E-state index >= 15 is 0 Å². The fraction of sp³-hybridized carbons (Fsp3) is 0.571. The van der Waals surface area contributed by atoms with E-state index in [0.29, 0.717) is 0 Å². The molecular weight excluding hydrogens is 272 g/mol. The van der Waals surface area contributed by atoms with Gasteiger partial charge < -0.3 is 4.74 Å². The second-order valence-electron chi connectivity index (χ2n) is 4.92. The lowest BCUT2D eigenvalue weighted by Crippen LogP contribution is -2.39. The van der Waals surface area contributed by atoms with Crippen LogP contribution in [0.4, 0.5) is 0 Å². The van der Waals surface area contributed by atoms with Crippen molar-refractivity contribution in [3.8, 4) is 0 Å². The molecule has 5 nitrogen and oxygen atoms in total. The number of aryl methyl sites for hydroxylation is 1. The fourth-order valence-electron chi connectivity index (χ4n) is 2.58. The molecule has 0 N–H and O–H groups in total. The predicted molar refractivity (Wildman–Crippen MR) is 78.9 cm³/mol. The number of ether oxygens (including phenoxy) is 1. The minimum absolute atomic E-state index is 0.139. The molecule has 0 aliphatic carbocycles. The molecule has 1 aliphatic heterocycles. The molecule has 6 heteroatoms. The van der Waals surface area contributed by atoms with E-state index in [9.17, 15) is 0 Å². The van der Waals surface area contributed by atoms with Gasteiger partial charge >= 0.3 is 0 Å². The molecule has 0 amide bonds. The maximum atomic E-state index is 5.82. The number of thiazole rings is 1. The van der Waals surface area contributed by atoms with Gasteiger partial charge in [0, 0.05) is 56.1 Å². The Morgan fingerprint density at radius 3 is 3.20 bits per heavy atom. The summed E-state index contributed by atoms with van der Waals surface area (Å²) in [6, 6.07) is 2.11. The maximum absolute atomic E-state index is 5.82. The first-order valence-corrected chi connectivity index (χ1v) is 7.99. The van der Waals surface area contributed by atoms with Crippen LogP contribution in [0.5, 0.6) is 0 Å². The highest BCUT2D eigenvalue weighted by atomic mass is 32.1. The molecule has 3 heterocycles. The third-order valence-corrected chi connectivity index (χ3v) is 4.53. The minimum atomic E-state index is 0.139. The number of morpholine rings is 1. The van der Waals surface area contributed by atoms with Crippen molar-refractivity contribution in [3.05, 3.63) is 34.5 Å². The van der Waals surface area contributed by atoms with Crippen molar-refractivity contribution in [1.82, 2.24) is 19.7 Å². The van der Waals surface area contributed by atoms with Gasteiger partial charge in [-0.3, -0.25) is 9.58 Å². The molecule has 0 bridgehead atoms. The zero-order valence-corrected chi connectivity index (χ0v) is 12.6. The van der Waals surface area contributed by atoms with E-state index < -0.39 is 0 Å². The molecule has 0 unspecified atom stereocenters. The van der Waals surface area contributed by atoms with Crippen LogP contribution in [0.1, 0.15) is 23.7 Å². The highest BCUT2D eigenvalue weighted by Crippen LogP contribution is 2.23. The van der Waals surface area contributed by atoms with Gasteiger partial charge in [-0.15, -0.1) is 11.3 Å². The van der Waals surface area contributed by atoms with Crippen LogP contribution in [-0.2, 0) is 17.7 Å². The Hall–Kier alpha value is -1.24. The standard InChI is InChI=1S/C14H20N4OS/c1-2-18-12(3-5-16-18)4-7-17-8-9-19-13(11-17)14-15-6-10-20-14/h3,5-6,10,13H,2,4,7-9,11H2,1H3/t13-/m0/s1. The van der Waals surface area contributed by atoms with Crippen molar-refractivity contribution < 1.29 is 4.74 Å². The monoisotopic (exact) mass is 292 g/mol. The molecule has 1 atom stereocenters. The molecule has 2 aromatic heterocycles. The highest BCUT2D eigenvalue weighted by Gasteiger charge is 2.23. The van der Waals surface area contributed by atoms with Gasteiger partial charge in [0.25, 0.3) is 0 Å². The Bertz CT molecular complexity index is 525. The van der Waals surface area contributed by atoms with Crippen molar-refractivity contribution in [2.24, 2.45) is 0 Å². The summed E-state index contributed by atoms with van der Waals surface area (Å²) < 4.78 is 7.89. The fourth-order valence-corrected chi connectivity index (χ4v) is 3.26. The average molecular weight is 292 g/mol. The first-order chi connectivity index (χ1) is 9.86. The first-order valence-electron chi connectivity index (χ1n) is 7.11. The molecule has 108 valence electrons. The zero-order valence-electron chi connectivity index (χ0n) is 11.7. The van der Waals surface area contributed by atoms with Crippen LogP contribution in [0.3, 0.4) is 0 Å². The Balaban J connectivity index is 1.55. The minimum Gasteiger partial charge on any atom is -0.368 e. The van der Waals surface area contributed by atoms with E-state index in [1.807, 2.05) is 17.8 Å².